The van der Waals surface area contributed by atoms with Crippen molar-refractivity contribution in [3.8, 4) is 0 Å². The Bertz CT molecular complexity index is 865. The molecule has 0 N–H and O–H groups in total. The minimum absolute atomic E-state index is 0.199. The normalized spacial score (nSPS) is 42.2. The molecule has 0 amide bonds. The summed E-state index contributed by atoms with van der Waals surface area (Å²) in [7, 11) is 0. The van der Waals surface area contributed by atoms with Crippen LogP contribution in [0, 0.1) is 47.3 Å². The van der Waals surface area contributed by atoms with Crippen LogP contribution in [-0.2, 0) is 19.1 Å². The van der Waals surface area contributed by atoms with Crippen molar-refractivity contribution < 1.29 is 19.1 Å². The number of hydrogen-bond donors (Lipinski definition) is 0. The molecular formula is C29H41ClO4. The third-order valence-corrected chi connectivity index (χ3v) is 10.3. The highest BCUT2D eigenvalue weighted by Gasteiger charge is 2.60. The molecule has 0 saturated heterocycles. The summed E-state index contributed by atoms with van der Waals surface area (Å²) < 4.78 is 5.76. The maximum Gasteiger partial charge on any atom is 0.333 e. The monoisotopic (exact) mass is 488 g/mol. The van der Waals surface area contributed by atoms with Gasteiger partial charge in [-0.2, -0.15) is 0 Å². The number of esters is 1. The number of allylic oxidation sites excluding steroid dienone is 1. The Morgan fingerprint density at radius 2 is 1.47 bits per heavy atom. The molecule has 9 atom stereocenters. The van der Waals surface area contributed by atoms with E-state index in [1.54, 1.807) is 13.8 Å². The van der Waals surface area contributed by atoms with Gasteiger partial charge >= 0.3 is 5.97 Å². The fourth-order valence-corrected chi connectivity index (χ4v) is 8.60. The van der Waals surface area contributed by atoms with E-state index < -0.39 is 5.24 Å². The van der Waals surface area contributed by atoms with Crippen molar-refractivity contribution in [3.63, 3.8) is 0 Å². The first-order valence-electron chi connectivity index (χ1n) is 13.3. The van der Waals surface area contributed by atoms with Gasteiger partial charge in [-0.25, -0.2) is 4.79 Å². The van der Waals surface area contributed by atoms with Crippen LogP contribution in [0.2, 0.25) is 0 Å². The van der Waals surface area contributed by atoms with Crippen LogP contribution < -0.4 is 0 Å². The van der Waals surface area contributed by atoms with Crippen LogP contribution in [0.4, 0.5) is 0 Å². The Morgan fingerprint density at radius 3 is 2.06 bits per heavy atom. The van der Waals surface area contributed by atoms with Crippen molar-refractivity contribution in [2.45, 2.75) is 90.6 Å². The van der Waals surface area contributed by atoms with Crippen molar-refractivity contribution in [1.29, 1.82) is 0 Å². The molecule has 0 aromatic heterocycles. The van der Waals surface area contributed by atoms with Crippen molar-refractivity contribution in [1.82, 2.24) is 0 Å². The predicted molar refractivity (Wildman–Crippen MR) is 134 cm³/mol. The number of carbonyl (C=O) groups is 3. The zero-order valence-electron chi connectivity index (χ0n) is 21.1. The molecule has 4 bridgehead atoms. The first-order valence-corrected chi connectivity index (χ1v) is 13.7. The summed E-state index contributed by atoms with van der Waals surface area (Å²) in [6, 6.07) is 0. The van der Waals surface area contributed by atoms with E-state index in [0.29, 0.717) is 28.8 Å². The number of ether oxygens (including phenoxy) is 1. The highest BCUT2D eigenvalue weighted by molar-refractivity contribution is 6.67. The number of carbonyl (C=O) groups excluding carboxylic acids is 3. The van der Waals surface area contributed by atoms with Crippen LogP contribution in [0.15, 0.2) is 24.3 Å². The van der Waals surface area contributed by atoms with E-state index in [4.69, 9.17) is 16.3 Å². The Labute approximate surface area is 209 Å². The highest BCUT2D eigenvalue weighted by atomic mass is 35.5. The molecule has 0 heterocycles. The molecule has 9 unspecified atom stereocenters. The molecule has 6 aliphatic rings. The van der Waals surface area contributed by atoms with Crippen LogP contribution >= 0.6 is 11.6 Å². The summed E-state index contributed by atoms with van der Waals surface area (Å²) in [6.07, 6.45) is 12.9. The van der Waals surface area contributed by atoms with Crippen LogP contribution in [0.1, 0.15) is 85.0 Å². The fraction of sp³-hybridized carbons (Fsp3) is 0.759. The molecule has 5 heteroatoms. The second kappa shape index (κ2) is 9.91. The van der Waals surface area contributed by atoms with Gasteiger partial charge in [-0.15, -0.1) is 0 Å². The van der Waals surface area contributed by atoms with Gasteiger partial charge in [0.25, 0.3) is 0 Å². The van der Waals surface area contributed by atoms with E-state index in [0.717, 1.165) is 48.3 Å². The van der Waals surface area contributed by atoms with Gasteiger partial charge in [-0.1, -0.05) is 26.0 Å². The highest BCUT2D eigenvalue weighted by Crippen LogP contribution is 2.63. The van der Waals surface area contributed by atoms with Gasteiger partial charge in [-0.05, 0) is 113 Å². The lowest BCUT2D eigenvalue weighted by molar-refractivity contribution is -0.161. The quantitative estimate of drug-likeness (QED) is 0.253. The van der Waals surface area contributed by atoms with Gasteiger partial charge in [0, 0.05) is 29.4 Å². The molecule has 6 rings (SSSR count). The van der Waals surface area contributed by atoms with E-state index in [1.165, 1.54) is 51.4 Å². The lowest BCUT2D eigenvalue weighted by Gasteiger charge is -2.39. The lowest BCUT2D eigenvalue weighted by atomic mass is 9.73. The third-order valence-electron chi connectivity index (χ3n) is 9.95. The number of hydrogen-bond acceptors (Lipinski definition) is 4. The van der Waals surface area contributed by atoms with Crippen molar-refractivity contribution in [2.24, 2.45) is 47.3 Å². The fourth-order valence-electron chi connectivity index (χ4n) is 8.60. The second-order valence-electron chi connectivity index (χ2n) is 12.1. The number of halogens is 1. The predicted octanol–water partition coefficient (Wildman–Crippen LogP) is 6.66. The molecule has 0 spiro atoms. The summed E-state index contributed by atoms with van der Waals surface area (Å²) in [5, 5.41) is -0.463. The zero-order chi connectivity index (χ0) is 24.8. The van der Waals surface area contributed by atoms with Crippen LogP contribution in [-0.4, -0.2) is 22.6 Å². The molecule has 0 aromatic carbocycles. The Hall–Kier alpha value is -1.42. The molecule has 34 heavy (non-hydrogen) atoms. The van der Waals surface area contributed by atoms with Crippen molar-refractivity contribution >= 4 is 28.6 Å². The molecule has 188 valence electrons. The van der Waals surface area contributed by atoms with Gasteiger partial charge in [0.05, 0.1) is 0 Å². The first-order chi connectivity index (χ1) is 16.0. The van der Waals surface area contributed by atoms with Crippen LogP contribution in [0.25, 0.3) is 0 Å². The Morgan fingerprint density at radius 1 is 0.912 bits per heavy atom. The van der Waals surface area contributed by atoms with E-state index >= 15 is 0 Å². The van der Waals surface area contributed by atoms with Crippen molar-refractivity contribution in [2.75, 3.05) is 0 Å². The first kappa shape index (κ1) is 25.7. The molecule has 0 aliphatic heterocycles. The minimum Gasteiger partial charge on any atom is -0.456 e. The second-order valence-corrected chi connectivity index (χ2v) is 12.5. The average Bonchev–Trinajstić information content (AvgIpc) is 3.55. The smallest absolute Gasteiger partial charge is 0.333 e. The minimum atomic E-state index is -0.463. The van der Waals surface area contributed by atoms with E-state index in [-0.39, 0.29) is 11.6 Å². The molecule has 0 radical (unpaired) electrons. The van der Waals surface area contributed by atoms with Gasteiger partial charge < -0.3 is 4.74 Å². The standard InChI is InChI=1S/C15H22O2.C10H14O.C4H5ClO/c1-9(2)14(16)17-15(3)8-10-7-13(15)12-6-4-5-11(10)12;11-10-5-6-4-9(10)8-3-1-2-7(6)8;1-3(2)4(5)6/h10-13H,1,4-8H2,2-3H3;6-9H,1-5H2;1H2,2H3. The summed E-state index contributed by atoms with van der Waals surface area (Å²) in [6.45, 7) is 12.4. The van der Waals surface area contributed by atoms with E-state index in [2.05, 4.69) is 20.1 Å². The van der Waals surface area contributed by atoms with Gasteiger partial charge in [0.2, 0.25) is 5.24 Å². The summed E-state index contributed by atoms with van der Waals surface area (Å²) >= 11 is 4.87. The number of fused-ring (bicyclic) bond motifs is 10. The van der Waals surface area contributed by atoms with Crippen LogP contribution in [0.3, 0.4) is 0 Å². The molecule has 4 nitrogen and oxygen atoms in total. The molecule has 6 saturated carbocycles. The van der Waals surface area contributed by atoms with E-state index in [9.17, 15) is 14.4 Å². The Kier molecular flexibility index (Phi) is 7.48. The van der Waals surface area contributed by atoms with Gasteiger partial charge in [-0.3, -0.25) is 9.59 Å². The van der Waals surface area contributed by atoms with Gasteiger partial charge in [0.15, 0.2) is 0 Å². The SMILES string of the molecule is C=C(C)C(=O)Cl.C=C(C)C(=O)OC1(C)CC2CC1C1CCCC21.O=C1CC2CC1C1CCCC21. The molecule has 6 fully saturated rings. The molecular weight excluding hydrogens is 448 g/mol. The number of rotatable bonds is 3. The largest absolute Gasteiger partial charge is 0.456 e. The maximum atomic E-state index is 11.8. The van der Waals surface area contributed by atoms with Gasteiger partial charge in [0.1, 0.15) is 11.4 Å². The van der Waals surface area contributed by atoms with E-state index in [1.807, 2.05) is 0 Å². The van der Waals surface area contributed by atoms with Crippen molar-refractivity contribution in [3.05, 3.63) is 24.3 Å². The van der Waals surface area contributed by atoms with Crippen LogP contribution in [0.5, 0.6) is 0 Å². The number of Topliss-reactive ketones (excluding diaryl/α,β-unsaturated/α-hetero) is 1. The maximum absolute atomic E-state index is 11.8. The number of ketones is 1. The summed E-state index contributed by atoms with van der Waals surface area (Å²) in [5.41, 5.74) is 0.709. The zero-order valence-corrected chi connectivity index (χ0v) is 21.9. The Balaban J connectivity index is 0.000000138. The molecule has 6 aliphatic carbocycles. The summed E-state index contributed by atoms with van der Waals surface area (Å²) in [5.74, 6) is 6.74. The average molecular weight is 489 g/mol. The molecule has 0 aromatic rings. The topological polar surface area (TPSA) is 60.4 Å². The lowest BCUT2D eigenvalue weighted by Crippen LogP contribution is -2.42. The third kappa shape index (κ3) is 4.81. The summed E-state index contributed by atoms with van der Waals surface area (Å²) in [4.78, 5) is 32.9.